The summed E-state index contributed by atoms with van der Waals surface area (Å²) >= 11 is 21.6. The van der Waals surface area contributed by atoms with Crippen LogP contribution >= 0.6 is 46.4 Å². The van der Waals surface area contributed by atoms with Gasteiger partial charge < -0.3 is 0 Å². The van der Waals surface area contributed by atoms with E-state index in [-0.39, 0.29) is 0 Å². The number of hydrogen-bond acceptors (Lipinski definition) is 0. The fourth-order valence-corrected chi connectivity index (χ4v) is 1.35. The number of hydrogen-bond donors (Lipinski definition) is 0. The molecule has 0 radical (unpaired) electrons. The van der Waals surface area contributed by atoms with Gasteiger partial charge in [-0.1, -0.05) is 46.4 Å². The standard InChI is InChI=1S/C3H4Cl4Si/c4-1(2(5)6)3(7)8/h2H,8H3. The number of halogens is 4. The molecule has 0 atom stereocenters. The van der Waals surface area contributed by atoms with Crippen LogP contribution in [0.15, 0.2) is 9.69 Å². The van der Waals surface area contributed by atoms with Crippen LogP contribution in [0.4, 0.5) is 0 Å². The molecule has 0 aliphatic carbocycles. The minimum atomic E-state index is -0.665. The Kier molecular flexibility index (Phi) is 4.58. The maximum absolute atomic E-state index is 5.47. The molecular formula is C3H4Cl4Si. The molecule has 0 aliphatic heterocycles. The van der Waals surface area contributed by atoms with Gasteiger partial charge in [0.2, 0.25) is 0 Å². The van der Waals surface area contributed by atoms with E-state index < -0.39 is 4.84 Å². The van der Waals surface area contributed by atoms with Crippen LogP contribution in [0.2, 0.25) is 0 Å². The van der Waals surface area contributed by atoms with Gasteiger partial charge in [-0.15, -0.1) is 0 Å². The zero-order valence-electron chi connectivity index (χ0n) is 4.09. The lowest BCUT2D eigenvalue weighted by molar-refractivity contribution is 1.55. The van der Waals surface area contributed by atoms with Crippen molar-refractivity contribution in [1.82, 2.24) is 0 Å². The van der Waals surface area contributed by atoms with E-state index in [4.69, 9.17) is 46.4 Å². The molecule has 0 saturated heterocycles. The Labute approximate surface area is 71.2 Å². The monoisotopic (exact) mass is 208 g/mol. The van der Waals surface area contributed by atoms with Gasteiger partial charge in [-0.2, -0.15) is 0 Å². The summed E-state index contributed by atoms with van der Waals surface area (Å²) in [5.41, 5.74) is 0. The Morgan fingerprint density at radius 3 is 1.62 bits per heavy atom. The van der Waals surface area contributed by atoms with Crippen LogP contribution in [0.5, 0.6) is 0 Å². The molecule has 0 saturated carbocycles. The van der Waals surface area contributed by atoms with E-state index in [2.05, 4.69) is 0 Å². The van der Waals surface area contributed by atoms with Crippen molar-refractivity contribution in [2.45, 2.75) is 4.84 Å². The minimum Gasteiger partial charge on any atom is -0.0991 e. The average molecular weight is 210 g/mol. The van der Waals surface area contributed by atoms with Crippen molar-refractivity contribution in [2.75, 3.05) is 0 Å². The highest BCUT2D eigenvalue weighted by atomic mass is 35.5. The summed E-state index contributed by atoms with van der Waals surface area (Å²) in [7, 11) is 0.695. The summed E-state index contributed by atoms with van der Waals surface area (Å²) in [5, 5.41) is 0.349. The van der Waals surface area contributed by atoms with E-state index in [1.165, 1.54) is 0 Å². The zero-order chi connectivity index (χ0) is 6.73. The Morgan fingerprint density at radius 2 is 1.62 bits per heavy atom. The van der Waals surface area contributed by atoms with Crippen LogP contribution in [0.1, 0.15) is 0 Å². The van der Waals surface area contributed by atoms with Crippen molar-refractivity contribution in [1.29, 1.82) is 0 Å². The van der Waals surface area contributed by atoms with Gasteiger partial charge in [0.25, 0.3) is 0 Å². The number of alkyl halides is 2. The highest BCUT2D eigenvalue weighted by Gasteiger charge is 2.04. The van der Waals surface area contributed by atoms with Crippen molar-refractivity contribution in [2.24, 2.45) is 0 Å². The smallest absolute Gasteiger partial charge is 0.0991 e. The van der Waals surface area contributed by atoms with Gasteiger partial charge in [0.15, 0.2) is 0 Å². The van der Waals surface area contributed by atoms with Crippen LogP contribution in [0.25, 0.3) is 0 Å². The van der Waals surface area contributed by atoms with Crippen molar-refractivity contribution in [3.8, 4) is 0 Å². The highest BCUT2D eigenvalue weighted by Crippen LogP contribution is 2.22. The third kappa shape index (κ3) is 3.20. The van der Waals surface area contributed by atoms with Gasteiger partial charge in [0, 0.05) is 4.66 Å². The molecule has 0 nitrogen and oxygen atoms in total. The molecule has 48 valence electrons. The summed E-state index contributed by atoms with van der Waals surface area (Å²) in [6.07, 6.45) is 0. The second-order valence-corrected chi connectivity index (χ2v) is 4.89. The topological polar surface area (TPSA) is 0 Å². The summed E-state index contributed by atoms with van der Waals surface area (Å²) in [6.45, 7) is 0. The maximum Gasteiger partial charge on any atom is 0.143 e. The molecule has 0 aromatic rings. The van der Waals surface area contributed by atoms with Crippen molar-refractivity contribution >= 4 is 56.6 Å². The van der Waals surface area contributed by atoms with E-state index in [0.29, 0.717) is 19.9 Å². The molecule has 8 heavy (non-hydrogen) atoms. The van der Waals surface area contributed by atoms with Gasteiger partial charge in [-0.05, 0) is 0 Å². The summed E-state index contributed by atoms with van der Waals surface area (Å²) in [6, 6.07) is 0. The first kappa shape index (κ1) is 9.12. The van der Waals surface area contributed by atoms with Crippen LogP contribution < -0.4 is 0 Å². The van der Waals surface area contributed by atoms with E-state index in [0.717, 1.165) is 0 Å². The summed E-state index contributed by atoms with van der Waals surface area (Å²) in [4.78, 5) is -0.665. The van der Waals surface area contributed by atoms with Crippen LogP contribution in [0.3, 0.4) is 0 Å². The number of rotatable bonds is 1. The summed E-state index contributed by atoms with van der Waals surface area (Å²) in [5.74, 6) is 0. The molecule has 0 bridgehead atoms. The van der Waals surface area contributed by atoms with E-state index in [9.17, 15) is 0 Å². The molecule has 5 heteroatoms. The lowest BCUT2D eigenvalue weighted by Crippen LogP contribution is -1.87. The van der Waals surface area contributed by atoms with E-state index in [1.54, 1.807) is 0 Å². The van der Waals surface area contributed by atoms with Crippen LogP contribution in [-0.4, -0.2) is 15.1 Å². The first-order valence-corrected chi connectivity index (χ1v) is 4.48. The van der Waals surface area contributed by atoms with Crippen molar-refractivity contribution < 1.29 is 0 Å². The Hall–Kier alpha value is 1.12. The fraction of sp³-hybridized carbons (Fsp3) is 0.333. The van der Waals surface area contributed by atoms with Crippen molar-refractivity contribution in [3.05, 3.63) is 9.69 Å². The molecule has 0 aromatic heterocycles. The normalized spacial score (nSPS) is 14.6. The van der Waals surface area contributed by atoms with Gasteiger partial charge in [0.1, 0.15) is 4.84 Å². The minimum absolute atomic E-state index is 0.349. The second-order valence-electron chi connectivity index (χ2n) is 1.18. The number of allylic oxidation sites excluding steroid dienone is 1. The van der Waals surface area contributed by atoms with E-state index >= 15 is 0 Å². The molecule has 0 N–H and O–H groups in total. The van der Waals surface area contributed by atoms with Gasteiger partial charge in [-0.3, -0.25) is 0 Å². The molecule has 0 amide bonds. The maximum atomic E-state index is 5.47. The third-order valence-electron chi connectivity index (χ3n) is 0.521. The average Bonchev–Trinajstić information content (AvgIpc) is 1.64. The summed E-state index contributed by atoms with van der Waals surface area (Å²) < 4.78 is 0.571. The molecular weight excluding hydrogens is 206 g/mol. The zero-order valence-corrected chi connectivity index (χ0v) is 9.11. The highest BCUT2D eigenvalue weighted by molar-refractivity contribution is 6.60. The molecule has 0 rings (SSSR count). The van der Waals surface area contributed by atoms with Crippen LogP contribution in [-0.2, 0) is 0 Å². The predicted molar refractivity (Wildman–Crippen MR) is 44.2 cm³/mol. The Morgan fingerprint density at radius 1 is 1.25 bits per heavy atom. The molecule has 0 heterocycles. The van der Waals surface area contributed by atoms with Crippen LogP contribution in [0, 0.1) is 0 Å². The van der Waals surface area contributed by atoms with Crippen molar-refractivity contribution in [3.63, 3.8) is 0 Å². The van der Waals surface area contributed by atoms with E-state index in [1.807, 2.05) is 0 Å². The van der Waals surface area contributed by atoms with Gasteiger partial charge in [0.05, 0.1) is 15.3 Å². The first-order chi connectivity index (χ1) is 3.55. The predicted octanol–water partition coefficient (Wildman–Crippen LogP) is 1.80. The fourth-order valence-electron chi connectivity index (χ4n) is 0.150. The Bertz CT molecular complexity index is 104. The molecule has 0 spiro atoms. The molecule has 0 fully saturated rings. The first-order valence-electron chi connectivity index (χ1n) is 1.85. The largest absolute Gasteiger partial charge is 0.143 e. The van der Waals surface area contributed by atoms with Gasteiger partial charge in [-0.25, -0.2) is 0 Å². The lowest BCUT2D eigenvalue weighted by atomic mass is 10.7. The molecule has 0 unspecified atom stereocenters. The molecule has 0 aliphatic rings. The Balaban J connectivity index is 4.00. The second kappa shape index (κ2) is 4.02. The quantitative estimate of drug-likeness (QED) is 0.457. The molecule has 0 aromatic carbocycles. The SMILES string of the molecule is [SiH3]C(Cl)=C(Cl)C(Cl)Cl. The lowest BCUT2D eigenvalue weighted by Gasteiger charge is -1.96. The third-order valence-corrected chi connectivity index (χ3v) is 2.84. The van der Waals surface area contributed by atoms with Gasteiger partial charge >= 0.3 is 0 Å².